The van der Waals surface area contributed by atoms with Crippen LogP contribution in [0.5, 0.6) is 11.5 Å². The van der Waals surface area contributed by atoms with Crippen LogP contribution >= 0.6 is 0 Å². The average Bonchev–Trinajstić information content (AvgIpc) is 2.91. The van der Waals surface area contributed by atoms with E-state index in [1.807, 2.05) is 0 Å². The van der Waals surface area contributed by atoms with Gasteiger partial charge in [0, 0.05) is 0 Å². The van der Waals surface area contributed by atoms with Gasteiger partial charge in [-0.3, -0.25) is 0 Å². The summed E-state index contributed by atoms with van der Waals surface area (Å²) in [4.78, 5) is 24.5. The van der Waals surface area contributed by atoms with Gasteiger partial charge in [-0.1, -0.05) is 24.3 Å². The third-order valence-electron chi connectivity index (χ3n) is 3.76. The summed E-state index contributed by atoms with van der Waals surface area (Å²) in [5, 5.41) is 29.5. The smallest absolute Gasteiger partial charge is 0.348 e. The fourth-order valence-corrected chi connectivity index (χ4v) is 2.56. The number of carbonyl (C=O) groups excluding carboxylic acids is 2. The molecule has 0 saturated carbocycles. The van der Waals surface area contributed by atoms with Crippen LogP contribution in [0.1, 0.15) is 11.1 Å². The van der Waals surface area contributed by atoms with Crippen molar-refractivity contribution in [2.45, 2.75) is 0 Å². The standard InChI is InChI=1S/C19H14O7/c1-25-18(23)15(10-5-7-12(20)8-6-10)17-16(22)14(19(24)26-17)11-3-2-4-13(21)9-11/h2-9,20-22H,1H3/b17-15+. The molecule has 1 aliphatic heterocycles. The zero-order chi connectivity index (χ0) is 18.8. The van der Waals surface area contributed by atoms with Crippen molar-refractivity contribution in [3.05, 3.63) is 71.2 Å². The molecule has 2 aromatic carbocycles. The maximum absolute atomic E-state index is 12.3. The van der Waals surface area contributed by atoms with E-state index in [0.717, 1.165) is 7.11 Å². The monoisotopic (exact) mass is 354 g/mol. The Labute approximate surface area is 148 Å². The molecule has 7 heteroatoms. The van der Waals surface area contributed by atoms with Crippen molar-refractivity contribution in [1.82, 2.24) is 0 Å². The Bertz CT molecular complexity index is 952. The number of phenolic OH excluding ortho intramolecular Hbond substituents is 2. The number of ether oxygens (including phenoxy) is 2. The molecule has 132 valence electrons. The summed E-state index contributed by atoms with van der Waals surface area (Å²) in [6, 6.07) is 11.2. The predicted molar refractivity (Wildman–Crippen MR) is 90.8 cm³/mol. The SMILES string of the molecule is COC(=O)/C(=C1/OC(=O)C(c2cccc(O)c2)=C1O)c1ccc(O)cc1. The number of rotatable bonds is 3. The van der Waals surface area contributed by atoms with Gasteiger partial charge < -0.3 is 24.8 Å². The first-order chi connectivity index (χ1) is 12.4. The molecule has 1 heterocycles. The molecular weight excluding hydrogens is 340 g/mol. The summed E-state index contributed by atoms with van der Waals surface area (Å²) < 4.78 is 9.85. The molecule has 3 rings (SSSR count). The number of phenols is 2. The lowest BCUT2D eigenvalue weighted by atomic mass is 10.0. The zero-order valence-corrected chi connectivity index (χ0v) is 13.6. The van der Waals surface area contributed by atoms with E-state index in [-0.39, 0.29) is 39.5 Å². The summed E-state index contributed by atoms with van der Waals surface area (Å²) in [6.07, 6.45) is 0. The molecule has 0 spiro atoms. The van der Waals surface area contributed by atoms with Crippen LogP contribution in [0.15, 0.2) is 60.0 Å². The molecule has 7 nitrogen and oxygen atoms in total. The van der Waals surface area contributed by atoms with Crippen LogP contribution in [-0.2, 0) is 19.1 Å². The van der Waals surface area contributed by atoms with Crippen molar-refractivity contribution in [1.29, 1.82) is 0 Å². The van der Waals surface area contributed by atoms with Crippen molar-refractivity contribution in [2.24, 2.45) is 0 Å². The topological polar surface area (TPSA) is 113 Å². The van der Waals surface area contributed by atoms with Crippen LogP contribution in [0, 0.1) is 0 Å². The van der Waals surface area contributed by atoms with Crippen LogP contribution in [-0.4, -0.2) is 34.4 Å². The highest BCUT2D eigenvalue weighted by Crippen LogP contribution is 2.37. The van der Waals surface area contributed by atoms with Crippen molar-refractivity contribution >= 4 is 23.1 Å². The second-order valence-electron chi connectivity index (χ2n) is 5.41. The number of cyclic esters (lactones) is 1. The Morgan fingerprint density at radius 3 is 2.31 bits per heavy atom. The third kappa shape index (κ3) is 2.98. The van der Waals surface area contributed by atoms with Crippen LogP contribution in [0.4, 0.5) is 0 Å². The van der Waals surface area contributed by atoms with Crippen molar-refractivity contribution < 1.29 is 34.4 Å². The molecule has 2 aromatic rings. The van der Waals surface area contributed by atoms with Gasteiger partial charge in [-0.05, 0) is 35.4 Å². The number of hydrogen-bond acceptors (Lipinski definition) is 7. The van der Waals surface area contributed by atoms with Gasteiger partial charge in [-0.2, -0.15) is 0 Å². The van der Waals surface area contributed by atoms with Gasteiger partial charge >= 0.3 is 11.9 Å². The molecule has 0 amide bonds. The van der Waals surface area contributed by atoms with E-state index < -0.39 is 17.7 Å². The molecule has 0 bridgehead atoms. The van der Waals surface area contributed by atoms with Crippen molar-refractivity contribution in [3.63, 3.8) is 0 Å². The number of hydrogen-bond donors (Lipinski definition) is 3. The van der Waals surface area contributed by atoms with E-state index in [4.69, 9.17) is 9.47 Å². The highest BCUT2D eigenvalue weighted by atomic mass is 16.6. The fourth-order valence-electron chi connectivity index (χ4n) is 2.56. The maximum Gasteiger partial charge on any atom is 0.348 e. The Morgan fingerprint density at radius 2 is 1.69 bits per heavy atom. The van der Waals surface area contributed by atoms with Crippen LogP contribution < -0.4 is 0 Å². The van der Waals surface area contributed by atoms with E-state index in [1.54, 1.807) is 0 Å². The summed E-state index contributed by atoms with van der Waals surface area (Å²) in [7, 11) is 1.15. The minimum atomic E-state index is -0.872. The zero-order valence-electron chi connectivity index (χ0n) is 13.6. The number of aliphatic hydroxyl groups is 1. The molecule has 0 fully saturated rings. The number of aliphatic hydroxyl groups excluding tert-OH is 1. The number of carbonyl (C=O) groups is 2. The third-order valence-corrected chi connectivity index (χ3v) is 3.76. The predicted octanol–water partition coefficient (Wildman–Crippen LogP) is 2.51. The van der Waals surface area contributed by atoms with E-state index >= 15 is 0 Å². The van der Waals surface area contributed by atoms with Crippen molar-refractivity contribution in [3.8, 4) is 11.5 Å². The first-order valence-corrected chi connectivity index (χ1v) is 7.49. The molecular formula is C19H14O7. The number of aromatic hydroxyl groups is 2. The Kier molecular flexibility index (Phi) is 4.36. The minimum absolute atomic E-state index is 0.0217. The maximum atomic E-state index is 12.3. The Morgan fingerprint density at radius 1 is 1.00 bits per heavy atom. The highest BCUT2D eigenvalue weighted by molar-refractivity contribution is 6.25. The molecule has 0 radical (unpaired) electrons. The highest BCUT2D eigenvalue weighted by Gasteiger charge is 2.36. The molecule has 26 heavy (non-hydrogen) atoms. The average molecular weight is 354 g/mol. The summed E-state index contributed by atoms with van der Waals surface area (Å²) in [6.45, 7) is 0. The number of benzene rings is 2. The van der Waals surface area contributed by atoms with Gasteiger partial charge in [0.25, 0.3) is 0 Å². The van der Waals surface area contributed by atoms with Gasteiger partial charge in [0.15, 0.2) is 11.5 Å². The molecule has 0 saturated heterocycles. The van der Waals surface area contributed by atoms with Gasteiger partial charge in [-0.25, -0.2) is 9.59 Å². The fraction of sp³-hybridized carbons (Fsp3) is 0.0526. The largest absolute Gasteiger partial charge is 0.508 e. The molecule has 0 unspecified atom stereocenters. The Balaban J connectivity index is 2.22. The first kappa shape index (κ1) is 17.1. The molecule has 1 aliphatic rings. The van der Waals surface area contributed by atoms with E-state index in [2.05, 4.69) is 0 Å². The van der Waals surface area contributed by atoms with Crippen molar-refractivity contribution in [2.75, 3.05) is 7.11 Å². The van der Waals surface area contributed by atoms with Gasteiger partial charge in [0.2, 0.25) is 0 Å². The lowest BCUT2D eigenvalue weighted by Crippen LogP contribution is -2.09. The van der Waals surface area contributed by atoms with E-state index in [1.165, 1.54) is 48.5 Å². The van der Waals surface area contributed by atoms with Crippen LogP contribution in [0.25, 0.3) is 11.1 Å². The number of esters is 2. The second-order valence-corrected chi connectivity index (χ2v) is 5.41. The van der Waals surface area contributed by atoms with E-state index in [9.17, 15) is 24.9 Å². The lowest BCUT2D eigenvalue weighted by molar-refractivity contribution is -0.134. The number of methoxy groups -OCH3 is 1. The summed E-state index contributed by atoms with van der Waals surface area (Å²) in [5.41, 5.74) is 0.156. The second kappa shape index (κ2) is 6.64. The molecule has 0 aliphatic carbocycles. The quantitative estimate of drug-likeness (QED) is 0.573. The minimum Gasteiger partial charge on any atom is -0.508 e. The first-order valence-electron chi connectivity index (χ1n) is 7.49. The molecule has 0 atom stereocenters. The lowest BCUT2D eigenvalue weighted by Gasteiger charge is -2.09. The normalized spacial score (nSPS) is 15.7. The van der Waals surface area contributed by atoms with Gasteiger partial charge in [0.05, 0.1) is 7.11 Å². The van der Waals surface area contributed by atoms with Gasteiger partial charge in [0.1, 0.15) is 22.6 Å². The molecule has 3 N–H and O–H groups in total. The summed E-state index contributed by atoms with van der Waals surface area (Å²) >= 11 is 0. The Hall–Kier alpha value is -3.74. The van der Waals surface area contributed by atoms with Crippen LogP contribution in [0.2, 0.25) is 0 Å². The van der Waals surface area contributed by atoms with Crippen LogP contribution in [0.3, 0.4) is 0 Å². The molecule has 0 aromatic heterocycles. The summed E-state index contributed by atoms with van der Waals surface area (Å²) in [5.74, 6) is -2.73. The van der Waals surface area contributed by atoms with Gasteiger partial charge in [-0.15, -0.1) is 0 Å². The van der Waals surface area contributed by atoms with E-state index in [0.29, 0.717) is 0 Å².